The molecular formula is C11H14N4OS. The number of aromatic nitrogens is 4. The predicted molar refractivity (Wildman–Crippen MR) is 65.2 cm³/mol. The number of carbonyl (C=O) groups excluding carboxylic acids is 1. The largest absolute Gasteiger partial charge is 0.293 e. The van der Waals surface area contributed by atoms with Crippen LogP contribution in [0.25, 0.3) is 0 Å². The second-order valence-electron chi connectivity index (χ2n) is 3.74. The summed E-state index contributed by atoms with van der Waals surface area (Å²) >= 11 is 1.42. The highest BCUT2D eigenvalue weighted by atomic mass is 32.1. The normalized spacial score (nSPS) is 10.7. The van der Waals surface area contributed by atoms with Crippen molar-refractivity contribution >= 4 is 17.1 Å². The lowest BCUT2D eigenvalue weighted by atomic mass is 10.2. The minimum absolute atomic E-state index is 0.0564. The minimum Gasteiger partial charge on any atom is -0.293 e. The number of carbonyl (C=O) groups is 1. The van der Waals surface area contributed by atoms with Crippen LogP contribution in [0, 0.1) is 6.92 Å². The molecule has 0 bridgehead atoms. The molecule has 0 unspecified atom stereocenters. The standard InChI is InChI=1S/C11H14N4OS/c1-3-4-15-11(13-7-14-15)5-9(16)10-6-12-8(2)17-10/h6-7H,3-5H2,1-2H3. The first kappa shape index (κ1) is 11.9. The van der Waals surface area contributed by atoms with Gasteiger partial charge in [-0.15, -0.1) is 11.3 Å². The van der Waals surface area contributed by atoms with E-state index in [2.05, 4.69) is 22.0 Å². The molecule has 0 saturated carbocycles. The number of hydrogen-bond acceptors (Lipinski definition) is 5. The first-order valence-corrected chi connectivity index (χ1v) is 6.34. The monoisotopic (exact) mass is 250 g/mol. The summed E-state index contributed by atoms with van der Waals surface area (Å²) in [4.78, 5) is 20.9. The van der Waals surface area contributed by atoms with E-state index in [9.17, 15) is 4.79 Å². The summed E-state index contributed by atoms with van der Waals surface area (Å²) < 4.78 is 1.78. The third-order valence-corrected chi connectivity index (χ3v) is 3.30. The molecule has 0 amide bonds. The van der Waals surface area contributed by atoms with Gasteiger partial charge in [0.05, 0.1) is 16.3 Å². The molecule has 0 radical (unpaired) electrons. The van der Waals surface area contributed by atoms with E-state index in [0.29, 0.717) is 11.3 Å². The van der Waals surface area contributed by atoms with E-state index < -0.39 is 0 Å². The molecule has 2 aromatic rings. The van der Waals surface area contributed by atoms with Gasteiger partial charge >= 0.3 is 0 Å². The number of Topliss-reactive ketones (excluding diaryl/α,β-unsaturated/α-hetero) is 1. The topological polar surface area (TPSA) is 60.7 Å². The molecule has 2 aromatic heterocycles. The van der Waals surface area contributed by atoms with Crippen molar-refractivity contribution in [3.63, 3.8) is 0 Å². The first-order valence-electron chi connectivity index (χ1n) is 5.53. The lowest BCUT2D eigenvalue weighted by Crippen LogP contribution is -2.10. The van der Waals surface area contributed by atoms with Gasteiger partial charge in [-0.2, -0.15) is 5.10 Å². The number of hydrogen-bond donors (Lipinski definition) is 0. The van der Waals surface area contributed by atoms with E-state index in [1.165, 1.54) is 17.7 Å². The molecule has 0 fully saturated rings. The van der Waals surface area contributed by atoms with Crippen LogP contribution in [0.2, 0.25) is 0 Å². The number of nitrogens with zero attached hydrogens (tertiary/aromatic N) is 4. The molecule has 17 heavy (non-hydrogen) atoms. The molecule has 2 rings (SSSR count). The summed E-state index contributed by atoms with van der Waals surface area (Å²) in [6.45, 7) is 4.76. The molecule has 0 aliphatic carbocycles. The Balaban J connectivity index is 2.10. The Morgan fingerprint density at radius 2 is 2.29 bits per heavy atom. The fourth-order valence-electron chi connectivity index (χ4n) is 1.54. The van der Waals surface area contributed by atoms with E-state index in [1.54, 1.807) is 10.9 Å². The van der Waals surface area contributed by atoms with Crippen molar-refractivity contribution in [2.45, 2.75) is 33.2 Å². The Labute approximate surface area is 104 Å². The zero-order chi connectivity index (χ0) is 12.3. The molecule has 2 heterocycles. The molecule has 5 nitrogen and oxygen atoms in total. The summed E-state index contributed by atoms with van der Waals surface area (Å²) in [5.41, 5.74) is 0. The van der Waals surface area contributed by atoms with Gasteiger partial charge in [-0.1, -0.05) is 6.92 Å². The van der Waals surface area contributed by atoms with E-state index >= 15 is 0 Å². The fourth-order valence-corrected chi connectivity index (χ4v) is 2.26. The molecule has 6 heteroatoms. The van der Waals surface area contributed by atoms with Crippen molar-refractivity contribution in [1.29, 1.82) is 0 Å². The molecule has 90 valence electrons. The highest BCUT2D eigenvalue weighted by Crippen LogP contribution is 2.14. The maximum absolute atomic E-state index is 12.0. The third kappa shape index (κ3) is 2.76. The highest BCUT2D eigenvalue weighted by Gasteiger charge is 2.13. The predicted octanol–water partition coefficient (Wildman–Crippen LogP) is 1.88. The van der Waals surface area contributed by atoms with Gasteiger partial charge in [0, 0.05) is 12.7 Å². The van der Waals surface area contributed by atoms with Gasteiger partial charge in [-0.25, -0.2) is 14.6 Å². The van der Waals surface area contributed by atoms with Gasteiger partial charge in [0.1, 0.15) is 12.2 Å². The number of thiazole rings is 1. The Kier molecular flexibility index (Phi) is 3.63. The first-order chi connectivity index (χ1) is 8.20. The number of rotatable bonds is 5. The maximum atomic E-state index is 12.0. The number of aryl methyl sites for hydroxylation is 2. The Morgan fingerprint density at radius 1 is 1.47 bits per heavy atom. The number of ketones is 1. The summed E-state index contributed by atoms with van der Waals surface area (Å²) in [6, 6.07) is 0. The molecule has 0 saturated heterocycles. The average Bonchev–Trinajstić information content (AvgIpc) is 2.89. The fraction of sp³-hybridized carbons (Fsp3) is 0.455. The van der Waals surface area contributed by atoms with Crippen molar-refractivity contribution in [3.8, 4) is 0 Å². The van der Waals surface area contributed by atoms with Crippen LogP contribution < -0.4 is 0 Å². The van der Waals surface area contributed by atoms with Crippen LogP contribution >= 0.6 is 11.3 Å². The van der Waals surface area contributed by atoms with Crippen LogP contribution in [0.5, 0.6) is 0 Å². The van der Waals surface area contributed by atoms with Crippen LogP contribution in [0.3, 0.4) is 0 Å². The molecule has 0 aromatic carbocycles. The highest BCUT2D eigenvalue weighted by molar-refractivity contribution is 7.13. The van der Waals surface area contributed by atoms with Crippen molar-refractivity contribution in [2.75, 3.05) is 0 Å². The van der Waals surface area contributed by atoms with Crippen molar-refractivity contribution < 1.29 is 4.79 Å². The lowest BCUT2D eigenvalue weighted by molar-refractivity contribution is 0.0993. The van der Waals surface area contributed by atoms with Crippen LogP contribution in [0.4, 0.5) is 0 Å². The van der Waals surface area contributed by atoms with Crippen LogP contribution in [-0.2, 0) is 13.0 Å². The zero-order valence-electron chi connectivity index (χ0n) is 9.88. The molecule has 0 N–H and O–H groups in total. The quantitative estimate of drug-likeness (QED) is 0.760. The second-order valence-corrected chi connectivity index (χ2v) is 4.98. The Morgan fingerprint density at radius 3 is 2.94 bits per heavy atom. The Bertz CT molecular complexity index is 517. The second kappa shape index (κ2) is 5.18. The van der Waals surface area contributed by atoms with Gasteiger partial charge in [0.2, 0.25) is 0 Å². The van der Waals surface area contributed by atoms with Crippen LogP contribution in [0.15, 0.2) is 12.5 Å². The molecule has 0 aliphatic rings. The average molecular weight is 250 g/mol. The summed E-state index contributed by atoms with van der Waals surface area (Å²) in [6.07, 6.45) is 4.39. The van der Waals surface area contributed by atoms with E-state index in [4.69, 9.17) is 0 Å². The lowest BCUT2D eigenvalue weighted by Gasteiger charge is -2.02. The Hall–Kier alpha value is -1.56. The van der Waals surface area contributed by atoms with E-state index in [-0.39, 0.29) is 5.78 Å². The van der Waals surface area contributed by atoms with Crippen molar-refractivity contribution in [3.05, 3.63) is 28.2 Å². The van der Waals surface area contributed by atoms with E-state index in [1.807, 2.05) is 6.92 Å². The van der Waals surface area contributed by atoms with Gasteiger partial charge < -0.3 is 0 Å². The van der Waals surface area contributed by atoms with Gasteiger partial charge in [0.25, 0.3) is 0 Å². The summed E-state index contributed by atoms with van der Waals surface area (Å²) in [7, 11) is 0. The van der Waals surface area contributed by atoms with Crippen LogP contribution in [0.1, 0.15) is 33.8 Å². The SMILES string of the molecule is CCCn1ncnc1CC(=O)c1cnc(C)s1. The zero-order valence-corrected chi connectivity index (χ0v) is 10.7. The smallest absolute Gasteiger partial charge is 0.181 e. The molecule has 0 atom stereocenters. The third-order valence-electron chi connectivity index (χ3n) is 2.35. The molecular weight excluding hydrogens is 236 g/mol. The van der Waals surface area contributed by atoms with Gasteiger partial charge in [-0.3, -0.25) is 4.79 Å². The summed E-state index contributed by atoms with van der Waals surface area (Å²) in [5.74, 6) is 0.781. The maximum Gasteiger partial charge on any atom is 0.181 e. The van der Waals surface area contributed by atoms with Crippen molar-refractivity contribution in [2.24, 2.45) is 0 Å². The van der Waals surface area contributed by atoms with E-state index in [0.717, 1.165) is 23.8 Å². The van der Waals surface area contributed by atoms with Gasteiger partial charge in [-0.05, 0) is 13.3 Å². The minimum atomic E-state index is 0.0564. The van der Waals surface area contributed by atoms with Gasteiger partial charge in [0.15, 0.2) is 5.78 Å². The molecule has 0 spiro atoms. The summed E-state index contributed by atoms with van der Waals surface area (Å²) in [5, 5.41) is 5.00. The van der Waals surface area contributed by atoms with Crippen molar-refractivity contribution in [1.82, 2.24) is 19.7 Å². The molecule has 0 aliphatic heterocycles. The van der Waals surface area contributed by atoms with Crippen LogP contribution in [-0.4, -0.2) is 25.5 Å².